The summed E-state index contributed by atoms with van der Waals surface area (Å²) >= 11 is 7.70. The van der Waals surface area contributed by atoms with Crippen molar-refractivity contribution >= 4 is 44.8 Å². The van der Waals surface area contributed by atoms with Crippen LogP contribution in [-0.2, 0) is 10.0 Å². The fourth-order valence-corrected chi connectivity index (χ4v) is 4.69. The maximum atomic E-state index is 12.8. The molecule has 26 heavy (non-hydrogen) atoms. The third kappa shape index (κ3) is 3.88. The van der Waals surface area contributed by atoms with Crippen molar-refractivity contribution in [1.82, 2.24) is 0 Å². The molecule has 2 atom stereocenters. The van der Waals surface area contributed by atoms with Crippen LogP contribution in [-0.4, -0.2) is 32.1 Å². The van der Waals surface area contributed by atoms with Crippen LogP contribution < -0.4 is 14.8 Å². The van der Waals surface area contributed by atoms with Gasteiger partial charge >= 0.3 is 0 Å². The number of hydrogen-bond donors (Lipinski definition) is 3. The number of sulfonamides is 1. The Hall–Kier alpha value is -1.61. The summed E-state index contributed by atoms with van der Waals surface area (Å²) in [5.74, 6) is 0.338. The first-order valence-electron chi connectivity index (χ1n) is 7.95. The van der Waals surface area contributed by atoms with Gasteiger partial charge in [0.1, 0.15) is 16.7 Å². The minimum absolute atomic E-state index is 0.0375. The van der Waals surface area contributed by atoms with Gasteiger partial charge in [-0.3, -0.25) is 4.72 Å². The summed E-state index contributed by atoms with van der Waals surface area (Å²) in [6.45, 7) is 1.87. The van der Waals surface area contributed by atoms with E-state index < -0.39 is 22.4 Å². The van der Waals surface area contributed by atoms with Gasteiger partial charge in [0.25, 0.3) is 10.0 Å². The van der Waals surface area contributed by atoms with E-state index in [0.29, 0.717) is 23.5 Å². The van der Waals surface area contributed by atoms with Crippen LogP contribution in [0.2, 0.25) is 5.02 Å². The molecular formula is C17H19ClN2O4S2. The molecule has 0 bridgehead atoms. The monoisotopic (exact) mass is 414 g/mol. The van der Waals surface area contributed by atoms with Crippen LogP contribution in [0.15, 0.2) is 46.2 Å². The lowest BCUT2D eigenvalue weighted by Gasteiger charge is -2.31. The number of rotatable bonds is 5. The lowest BCUT2D eigenvalue weighted by molar-refractivity contribution is 0.0428. The molecule has 0 saturated carbocycles. The highest BCUT2D eigenvalue weighted by Crippen LogP contribution is 2.38. The number of aliphatic hydroxyl groups is 1. The number of ether oxygens (including phenoxy) is 1. The first-order valence-corrected chi connectivity index (χ1v) is 11.0. The minimum Gasteiger partial charge on any atom is -0.484 e. The first kappa shape index (κ1) is 19.2. The Morgan fingerprint density at radius 3 is 2.81 bits per heavy atom. The molecule has 0 spiro atoms. The molecule has 0 fully saturated rings. The fourth-order valence-electron chi connectivity index (χ4n) is 2.63. The van der Waals surface area contributed by atoms with Crippen LogP contribution in [0.25, 0.3) is 0 Å². The molecule has 6 nitrogen and oxygen atoms in total. The Balaban J connectivity index is 1.95. The van der Waals surface area contributed by atoms with E-state index in [1.807, 2.05) is 19.2 Å². The highest BCUT2D eigenvalue weighted by atomic mass is 35.5. The van der Waals surface area contributed by atoms with Crippen molar-refractivity contribution < 1.29 is 18.3 Å². The molecule has 1 aliphatic rings. The zero-order valence-electron chi connectivity index (χ0n) is 14.2. The predicted molar refractivity (Wildman–Crippen MR) is 105 cm³/mol. The van der Waals surface area contributed by atoms with Gasteiger partial charge in [0.15, 0.2) is 6.23 Å². The fraction of sp³-hybridized carbons (Fsp3) is 0.294. The molecule has 2 aromatic rings. The van der Waals surface area contributed by atoms with Gasteiger partial charge in [0, 0.05) is 16.6 Å². The lowest BCUT2D eigenvalue weighted by Crippen LogP contribution is -2.40. The van der Waals surface area contributed by atoms with E-state index >= 15 is 0 Å². The summed E-state index contributed by atoms with van der Waals surface area (Å²) in [7, 11) is -3.90. The van der Waals surface area contributed by atoms with Crippen LogP contribution in [0.1, 0.15) is 13.3 Å². The number of nitrogens with one attached hydrogen (secondary N) is 2. The number of hydrogen-bond acceptors (Lipinski definition) is 6. The van der Waals surface area contributed by atoms with Crippen LogP contribution in [0.5, 0.6) is 5.75 Å². The van der Waals surface area contributed by atoms with Crippen molar-refractivity contribution in [2.24, 2.45) is 0 Å². The van der Waals surface area contributed by atoms with Crippen molar-refractivity contribution in [2.45, 2.75) is 35.5 Å². The zero-order chi connectivity index (χ0) is 18.9. The molecule has 1 aliphatic heterocycles. The van der Waals surface area contributed by atoms with E-state index in [0.717, 1.165) is 4.90 Å². The summed E-state index contributed by atoms with van der Waals surface area (Å²) in [5, 5.41) is 12.9. The number of benzene rings is 2. The van der Waals surface area contributed by atoms with Crippen molar-refractivity contribution in [3.63, 3.8) is 0 Å². The third-order valence-electron chi connectivity index (χ3n) is 3.98. The topological polar surface area (TPSA) is 87.7 Å². The first-order chi connectivity index (χ1) is 12.3. The standard InChI is InChI=1S/C17H19ClN2O4S2/c1-3-14-17(21)19-13-8-12(18)16(9-15(13)24-14)26(22,23)20-10-5-4-6-11(7-10)25-2/h4-9,14,17,19-21H,3H2,1-2H3. The van der Waals surface area contributed by atoms with E-state index in [4.69, 9.17) is 16.3 Å². The summed E-state index contributed by atoms with van der Waals surface area (Å²) < 4.78 is 33.8. The van der Waals surface area contributed by atoms with Gasteiger partial charge in [0.2, 0.25) is 0 Å². The molecule has 140 valence electrons. The molecule has 1 heterocycles. The Morgan fingerprint density at radius 1 is 1.35 bits per heavy atom. The maximum Gasteiger partial charge on any atom is 0.263 e. The molecule has 0 aliphatic carbocycles. The third-order valence-corrected chi connectivity index (χ3v) is 6.55. The highest BCUT2D eigenvalue weighted by molar-refractivity contribution is 7.98. The molecule has 0 saturated heterocycles. The van der Waals surface area contributed by atoms with E-state index in [2.05, 4.69) is 10.0 Å². The van der Waals surface area contributed by atoms with Gasteiger partial charge in [-0.2, -0.15) is 0 Å². The molecule has 0 radical (unpaired) electrons. The van der Waals surface area contributed by atoms with E-state index in [1.54, 1.807) is 18.2 Å². The van der Waals surface area contributed by atoms with Crippen LogP contribution in [0.4, 0.5) is 11.4 Å². The SMILES string of the molecule is CCC1Oc2cc(S(=O)(=O)Nc3cccc(SC)c3)c(Cl)cc2NC1O. The Bertz CT molecular complexity index is 921. The van der Waals surface area contributed by atoms with Crippen LogP contribution in [0, 0.1) is 0 Å². The molecule has 3 N–H and O–H groups in total. The molecule has 3 rings (SSSR count). The van der Waals surface area contributed by atoms with Gasteiger partial charge in [-0.1, -0.05) is 24.6 Å². The maximum absolute atomic E-state index is 12.8. The lowest BCUT2D eigenvalue weighted by atomic mass is 10.1. The quantitative estimate of drug-likeness (QED) is 0.645. The molecule has 2 aromatic carbocycles. The smallest absolute Gasteiger partial charge is 0.263 e. The van der Waals surface area contributed by atoms with Gasteiger partial charge in [0.05, 0.1) is 10.7 Å². The highest BCUT2D eigenvalue weighted by Gasteiger charge is 2.29. The van der Waals surface area contributed by atoms with Gasteiger partial charge < -0.3 is 15.2 Å². The van der Waals surface area contributed by atoms with E-state index in [-0.39, 0.29) is 9.92 Å². The number of thioether (sulfide) groups is 1. The Kier molecular flexibility index (Phi) is 5.57. The second-order valence-electron chi connectivity index (χ2n) is 5.77. The summed E-state index contributed by atoms with van der Waals surface area (Å²) in [5.41, 5.74) is 0.905. The van der Waals surface area contributed by atoms with Crippen LogP contribution >= 0.6 is 23.4 Å². The average molecular weight is 415 g/mol. The summed E-state index contributed by atoms with van der Waals surface area (Å²) in [6.07, 6.45) is 1.14. The predicted octanol–water partition coefficient (Wildman–Crippen LogP) is 3.76. The van der Waals surface area contributed by atoms with Gasteiger partial charge in [-0.25, -0.2) is 8.42 Å². The molecule has 0 aromatic heterocycles. The summed E-state index contributed by atoms with van der Waals surface area (Å²) in [6, 6.07) is 9.91. The van der Waals surface area contributed by atoms with Crippen molar-refractivity contribution in [2.75, 3.05) is 16.3 Å². The summed E-state index contributed by atoms with van der Waals surface area (Å²) in [4.78, 5) is 0.856. The van der Waals surface area contributed by atoms with Crippen molar-refractivity contribution in [3.8, 4) is 5.75 Å². The van der Waals surface area contributed by atoms with Crippen molar-refractivity contribution in [3.05, 3.63) is 41.4 Å². The van der Waals surface area contributed by atoms with Gasteiger partial charge in [-0.15, -0.1) is 11.8 Å². The number of anilines is 2. The molecular weight excluding hydrogens is 396 g/mol. The number of fused-ring (bicyclic) bond motifs is 1. The molecule has 2 unspecified atom stereocenters. The largest absolute Gasteiger partial charge is 0.484 e. The van der Waals surface area contributed by atoms with E-state index in [1.165, 1.54) is 23.9 Å². The minimum atomic E-state index is -3.90. The van der Waals surface area contributed by atoms with Crippen molar-refractivity contribution in [1.29, 1.82) is 0 Å². The number of aliphatic hydroxyl groups excluding tert-OH is 1. The zero-order valence-corrected chi connectivity index (χ0v) is 16.6. The van der Waals surface area contributed by atoms with E-state index in [9.17, 15) is 13.5 Å². The molecule has 9 heteroatoms. The Morgan fingerprint density at radius 2 is 2.12 bits per heavy atom. The second-order valence-corrected chi connectivity index (χ2v) is 8.71. The van der Waals surface area contributed by atoms with Gasteiger partial charge in [-0.05, 0) is 36.9 Å². The molecule has 0 amide bonds. The number of halogens is 1. The Labute approximate surface area is 162 Å². The second kappa shape index (κ2) is 7.56. The van der Waals surface area contributed by atoms with Crippen LogP contribution in [0.3, 0.4) is 0 Å². The average Bonchev–Trinajstić information content (AvgIpc) is 2.60. The normalized spacial score (nSPS) is 19.2.